The van der Waals surface area contributed by atoms with Gasteiger partial charge in [0.2, 0.25) is 0 Å². The minimum Gasteiger partial charge on any atom is -0.316 e. The molecule has 2 aliphatic rings. The summed E-state index contributed by atoms with van der Waals surface area (Å²) in [4.78, 5) is 0. The van der Waals surface area contributed by atoms with Gasteiger partial charge in [-0.3, -0.25) is 0 Å². The Bertz CT molecular complexity index is 468. The number of alkyl halides is 3. The van der Waals surface area contributed by atoms with E-state index >= 15 is 0 Å². The van der Waals surface area contributed by atoms with Crippen LogP contribution in [0.4, 0.5) is 13.2 Å². The predicted octanol–water partition coefficient (Wildman–Crippen LogP) is 4.27. The first-order valence-electron chi connectivity index (χ1n) is 7.84. The van der Waals surface area contributed by atoms with Gasteiger partial charge in [0.1, 0.15) is 0 Å². The summed E-state index contributed by atoms with van der Waals surface area (Å²) in [6.07, 6.45) is 1.93. The molecular weight excluding hydrogens is 275 g/mol. The van der Waals surface area contributed by atoms with E-state index in [4.69, 9.17) is 0 Å². The fourth-order valence-corrected chi connectivity index (χ4v) is 4.16. The Morgan fingerprint density at radius 1 is 1.10 bits per heavy atom. The number of fused-ring (bicyclic) bond motifs is 1. The van der Waals surface area contributed by atoms with Gasteiger partial charge in [0.25, 0.3) is 0 Å². The number of halogens is 3. The molecule has 0 saturated heterocycles. The third kappa shape index (κ3) is 3.10. The van der Waals surface area contributed by atoms with E-state index in [-0.39, 0.29) is 0 Å². The van der Waals surface area contributed by atoms with Gasteiger partial charge in [0.05, 0.1) is 5.56 Å². The maximum atomic E-state index is 12.6. The first-order valence-corrected chi connectivity index (χ1v) is 7.84. The van der Waals surface area contributed by atoms with Crippen LogP contribution in [0, 0.1) is 17.8 Å². The van der Waals surface area contributed by atoms with Gasteiger partial charge < -0.3 is 5.32 Å². The average molecular weight is 297 g/mol. The summed E-state index contributed by atoms with van der Waals surface area (Å²) < 4.78 is 37.7. The Morgan fingerprint density at radius 3 is 2.14 bits per heavy atom. The van der Waals surface area contributed by atoms with Gasteiger partial charge in [-0.2, -0.15) is 13.2 Å². The van der Waals surface area contributed by atoms with E-state index < -0.39 is 11.7 Å². The Balaban J connectivity index is 1.65. The second-order valence-electron chi connectivity index (χ2n) is 6.48. The quantitative estimate of drug-likeness (QED) is 0.875. The van der Waals surface area contributed by atoms with Crippen molar-refractivity contribution in [2.45, 2.75) is 44.3 Å². The molecule has 4 heteroatoms. The van der Waals surface area contributed by atoms with E-state index in [1.165, 1.54) is 37.8 Å². The fraction of sp³-hybridized carbons (Fsp3) is 0.647. The lowest BCUT2D eigenvalue weighted by Gasteiger charge is -2.17. The largest absolute Gasteiger partial charge is 0.416 e. The van der Waals surface area contributed by atoms with Gasteiger partial charge in [0, 0.05) is 6.04 Å². The zero-order chi connectivity index (χ0) is 15.0. The lowest BCUT2D eigenvalue weighted by molar-refractivity contribution is -0.137. The van der Waals surface area contributed by atoms with Crippen molar-refractivity contribution in [3.63, 3.8) is 0 Å². The summed E-state index contributed by atoms with van der Waals surface area (Å²) >= 11 is 0. The van der Waals surface area contributed by atoms with Crippen molar-refractivity contribution in [2.75, 3.05) is 7.05 Å². The van der Waals surface area contributed by atoms with Crippen molar-refractivity contribution in [3.8, 4) is 0 Å². The highest BCUT2D eigenvalue weighted by molar-refractivity contribution is 5.26. The highest BCUT2D eigenvalue weighted by Crippen LogP contribution is 2.57. The van der Waals surface area contributed by atoms with Gasteiger partial charge in [-0.15, -0.1) is 0 Å². The minimum atomic E-state index is -4.24. The molecule has 0 aromatic heterocycles. The van der Waals surface area contributed by atoms with Crippen LogP contribution in [0.2, 0.25) is 0 Å². The molecular formula is C17H22F3N. The van der Waals surface area contributed by atoms with E-state index in [2.05, 4.69) is 5.32 Å². The van der Waals surface area contributed by atoms with Crippen molar-refractivity contribution >= 4 is 0 Å². The van der Waals surface area contributed by atoms with Crippen LogP contribution in [-0.2, 0) is 12.6 Å². The Kier molecular flexibility index (Phi) is 4.00. The Morgan fingerprint density at radius 2 is 1.67 bits per heavy atom. The molecule has 1 aromatic carbocycles. The number of hydrogen-bond donors (Lipinski definition) is 1. The first-order chi connectivity index (χ1) is 10.0. The molecule has 1 nitrogen and oxygen atoms in total. The van der Waals surface area contributed by atoms with Crippen LogP contribution in [0.15, 0.2) is 24.3 Å². The van der Waals surface area contributed by atoms with Gasteiger partial charge >= 0.3 is 6.18 Å². The third-order valence-electron chi connectivity index (χ3n) is 5.30. The summed E-state index contributed by atoms with van der Waals surface area (Å²) in [5.74, 6) is 2.43. The molecule has 1 aromatic rings. The van der Waals surface area contributed by atoms with E-state index in [0.717, 1.165) is 29.7 Å². The SMILES string of the molecule is CNC(Cc1ccc(C(F)(F)F)cc1)C1C2CCCCC21. The molecule has 21 heavy (non-hydrogen) atoms. The van der Waals surface area contributed by atoms with Crippen molar-refractivity contribution in [1.29, 1.82) is 0 Å². The molecule has 0 amide bonds. The summed E-state index contributed by atoms with van der Waals surface area (Å²) in [5.41, 5.74) is 0.429. The highest BCUT2D eigenvalue weighted by atomic mass is 19.4. The van der Waals surface area contributed by atoms with Crippen molar-refractivity contribution in [3.05, 3.63) is 35.4 Å². The summed E-state index contributed by atoms with van der Waals surface area (Å²) in [5, 5.41) is 3.39. The second kappa shape index (κ2) is 5.64. The van der Waals surface area contributed by atoms with Crippen LogP contribution < -0.4 is 5.32 Å². The molecule has 3 atom stereocenters. The molecule has 2 fully saturated rings. The number of likely N-dealkylation sites (N-methyl/N-ethyl adjacent to an activating group) is 1. The molecule has 0 bridgehead atoms. The second-order valence-corrected chi connectivity index (χ2v) is 6.48. The first kappa shape index (κ1) is 14.9. The van der Waals surface area contributed by atoms with Gasteiger partial charge in [-0.05, 0) is 61.8 Å². The van der Waals surface area contributed by atoms with Crippen molar-refractivity contribution in [2.24, 2.45) is 17.8 Å². The van der Waals surface area contributed by atoms with Crippen molar-refractivity contribution < 1.29 is 13.2 Å². The van der Waals surface area contributed by atoms with Crippen LogP contribution in [0.5, 0.6) is 0 Å². The number of nitrogens with one attached hydrogen (secondary N) is 1. The summed E-state index contributed by atoms with van der Waals surface area (Å²) in [6, 6.07) is 6.04. The van der Waals surface area contributed by atoms with E-state index in [1.54, 1.807) is 12.1 Å². The Hall–Kier alpha value is -1.03. The molecule has 0 radical (unpaired) electrons. The molecule has 1 N–H and O–H groups in total. The van der Waals surface area contributed by atoms with Crippen LogP contribution >= 0.6 is 0 Å². The lowest BCUT2D eigenvalue weighted by Crippen LogP contribution is -2.31. The Labute approximate surface area is 123 Å². The van der Waals surface area contributed by atoms with Gasteiger partial charge in [-0.25, -0.2) is 0 Å². The molecule has 0 aliphatic heterocycles. The van der Waals surface area contributed by atoms with Crippen LogP contribution in [0.3, 0.4) is 0 Å². The molecule has 3 rings (SSSR count). The smallest absolute Gasteiger partial charge is 0.316 e. The summed E-state index contributed by atoms with van der Waals surface area (Å²) in [6.45, 7) is 0. The molecule has 0 spiro atoms. The summed E-state index contributed by atoms with van der Waals surface area (Å²) in [7, 11) is 1.97. The molecule has 116 valence electrons. The van der Waals surface area contributed by atoms with Gasteiger partial charge in [0.15, 0.2) is 0 Å². The third-order valence-corrected chi connectivity index (χ3v) is 5.30. The maximum absolute atomic E-state index is 12.6. The van der Waals surface area contributed by atoms with E-state index in [1.807, 2.05) is 7.05 Å². The van der Waals surface area contributed by atoms with E-state index in [9.17, 15) is 13.2 Å². The van der Waals surface area contributed by atoms with Crippen molar-refractivity contribution in [1.82, 2.24) is 5.32 Å². The predicted molar refractivity (Wildman–Crippen MR) is 76.9 cm³/mol. The highest BCUT2D eigenvalue weighted by Gasteiger charge is 2.53. The van der Waals surface area contributed by atoms with Crippen LogP contribution in [-0.4, -0.2) is 13.1 Å². The lowest BCUT2D eigenvalue weighted by atomic mass is 9.99. The molecule has 2 aliphatic carbocycles. The number of hydrogen-bond acceptors (Lipinski definition) is 1. The maximum Gasteiger partial charge on any atom is 0.416 e. The molecule has 0 heterocycles. The van der Waals surface area contributed by atoms with Crippen LogP contribution in [0.25, 0.3) is 0 Å². The monoisotopic (exact) mass is 297 g/mol. The zero-order valence-corrected chi connectivity index (χ0v) is 12.3. The standard InChI is InChI=1S/C17H22F3N/c1-21-15(16-13-4-2-3-5-14(13)16)10-11-6-8-12(9-7-11)17(18,19)20/h6-9,13-16,21H,2-5,10H2,1H3. The number of rotatable bonds is 4. The average Bonchev–Trinajstić information content (AvgIpc) is 3.18. The topological polar surface area (TPSA) is 12.0 Å². The zero-order valence-electron chi connectivity index (χ0n) is 12.3. The van der Waals surface area contributed by atoms with Gasteiger partial charge in [-0.1, -0.05) is 25.0 Å². The molecule has 2 saturated carbocycles. The minimum absolute atomic E-state index is 0.398. The normalized spacial score (nSPS) is 29.8. The number of benzene rings is 1. The van der Waals surface area contributed by atoms with Crippen LogP contribution in [0.1, 0.15) is 36.8 Å². The molecule has 3 unspecified atom stereocenters. The fourth-order valence-electron chi connectivity index (χ4n) is 4.16. The van der Waals surface area contributed by atoms with E-state index in [0.29, 0.717) is 6.04 Å².